The van der Waals surface area contributed by atoms with E-state index in [1.54, 1.807) is 13.0 Å². The summed E-state index contributed by atoms with van der Waals surface area (Å²) in [4.78, 5) is 12.0. The van der Waals surface area contributed by atoms with E-state index in [0.29, 0.717) is 10.2 Å². The number of ether oxygens (including phenoxy) is 1. The summed E-state index contributed by atoms with van der Waals surface area (Å²) in [5, 5.41) is 2.89. The molecule has 0 spiro atoms. The third-order valence-corrected chi connectivity index (χ3v) is 3.32. The highest BCUT2D eigenvalue weighted by atomic mass is 79.9. The summed E-state index contributed by atoms with van der Waals surface area (Å²) in [6.45, 7) is 7.52. The van der Waals surface area contributed by atoms with E-state index in [-0.39, 0.29) is 11.4 Å². The Kier molecular flexibility index (Phi) is 5.35. The number of hydrogen-bond donors (Lipinski definition) is 1. The molecule has 1 N–H and O–H groups in total. The van der Waals surface area contributed by atoms with Crippen molar-refractivity contribution in [2.75, 3.05) is 0 Å². The van der Waals surface area contributed by atoms with Crippen molar-refractivity contribution in [1.82, 2.24) is 5.32 Å². The Morgan fingerprint density at radius 3 is 2.63 bits per heavy atom. The summed E-state index contributed by atoms with van der Waals surface area (Å²) >= 11 is 3.18. The Hall–Kier alpha value is -1.10. The van der Waals surface area contributed by atoms with E-state index in [1.807, 2.05) is 20.8 Å². The fourth-order valence-electron chi connectivity index (χ4n) is 1.38. The average Bonchev–Trinajstić information content (AvgIpc) is 2.26. The van der Waals surface area contributed by atoms with Gasteiger partial charge in [0.15, 0.2) is 6.10 Å². The van der Waals surface area contributed by atoms with Crippen molar-refractivity contribution < 1.29 is 13.9 Å². The lowest BCUT2D eigenvalue weighted by Gasteiger charge is -2.26. The van der Waals surface area contributed by atoms with Crippen LogP contribution in [0.4, 0.5) is 4.39 Å². The molecule has 0 aliphatic carbocycles. The Labute approximate surface area is 121 Å². The molecule has 1 aromatic rings. The van der Waals surface area contributed by atoms with E-state index in [2.05, 4.69) is 21.2 Å². The second-order valence-electron chi connectivity index (χ2n) is 5.09. The molecule has 1 unspecified atom stereocenters. The van der Waals surface area contributed by atoms with Crippen molar-refractivity contribution in [3.05, 3.63) is 28.5 Å². The number of benzene rings is 1. The van der Waals surface area contributed by atoms with Gasteiger partial charge in [-0.05, 0) is 39.3 Å². The predicted molar refractivity (Wildman–Crippen MR) is 76.7 cm³/mol. The molecule has 0 saturated carbocycles. The second-order valence-corrected chi connectivity index (χ2v) is 6.01. The fraction of sp³-hybridized carbons (Fsp3) is 0.500. The zero-order valence-corrected chi connectivity index (χ0v) is 13.2. The first kappa shape index (κ1) is 16.0. The van der Waals surface area contributed by atoms with Gasteiger partial charge in [-0.1, -0.05) is 22.9 Å². The maximum atomic E-state index is 13.2. The number of nitrogens with one attached hydrogen (secondary N) is 1. The van der Waals surface area contributed by atoms with Crippen LogP contribution in [0.15, 0.2) is 22.7 Å². The van der Waals surface area contributed by atoms with E-state index in [1.165, 1.54) is 12.1 Å². The van der Waals surface area contributed by atoms with E-state index >= 15 is 0 Å². The van der Waals surface area contributed by atoms with Crippen molar-refractivity contribution in [2.45, 2.75) is 45.8 Å². The smallest absolute Gasteiger partial charge is 0.261 e. The van der Waals surface area contributed by atoms with Crippen molar-refractivity contribution in [3.8, 4) is 5.75 Å². The molecular formula is C14H19BrFNO2. The molecule has 106 valence electrons. The first-order valence-corrected chi connectivity index (χ1v) is 6.97. The minimum absolute atomic E-state index is 0.216. The zero-order valence-electron chi connectivity index (χ0n) is 11.6. The summed E-state index contributed by atoms with van der Waals surface area (Å²) in [5.41, 5.74) is -0.281. The molecule has 3 nitrogen and oxygen atoms in total. The van der Waals surface area contributed by atoms with Crippen molar-refractivity contribution in [2.24, 2.45) is 0 Å². The van der Waals surface area contributed by atoms with Gasteiger partial charge in [0.05, 0.1) is 0 Å². The normalized spacial score (nSPS) is 12.9. The van der Waals surface area contributed by atoms with Crippen LogP contribution in [0.25, 0.3) is 0 Å². The Morgan fingerprint density at radius 1 is 1.47 bits per heavy atom. The third kappa shape index (κ3) is 5.19. The zero-order chi connectivity index (χ0) is 14.6. The molecule has 0 aromatic heterocycles. The molecular weight excluding hydrogens is 313 g/mol. The lowest BCUT2D eigenvalue weighted by Crippen LogP contribution is -2.48. The van der Waals surface area contributed by atoms with Gasteiger partial charge in [-0.25, -0.2) is 4.39 Å². The highest BCUT2D eigenvalue weighted by Crippen LogP contribution is 2.21. The lowest BCUT2D eigenvalue weighted by molar-refractivity contribution is -0.129. The Morgan fingerprint density at radius 2 is 2.11 bits per heavy atom. The minimum Gasteiger partial charge on any atom is -0.481 e. The first-order valence-electron chi connectivity index (χ1n) is 6.18. The molecule has 0 fully saturated rings. The van der Waals surface area contributed by atoms with Gasteiger partial charge in [0.2, 0.25) is 0 Å². The van der Waals surface area contributed by atoms with Crippen LogP contribution in [-0.4, -0.2) is 17.6 Å². The van der Waals surface area contributed by atoms with E-state index in [9.17, 15) is 9.18 Å². The van der Waals surface area contributed by atoms with Crippen LogP contribution in [0, 0.1) is 5.82 Å². The van der Waals surface area contributed by atoms with Crippen molar-refractivity contribution in [1.29, 1.82) is 0 Å². The monoisotopic (exact) mass is 331 g/mol. The van der Waals surface area contributed by atoms with Crippen molar-refractivity contribution in [3.63, 3.8) is 0 Å². The highest BCUT2D eigenvalue weighted by molar-refractivity contribution is 9.10. The van der Waals surface area contributed by atoms with Crippen molar-refractivity contribution >= 4 is 21.8 Å². The molecule has 1 amide bonds. The molecule has 1 atom stereocenters. The highest BCUT2D eigenvalue weighted by Gasteiger charge is 2.23. The van der Waals surface area contributed by atoms with Gasteiger partial charge in [0.1, 0.15) is 11.6 Å². The number of carbonyl (C=O) groups is 1. The van der Waals surface area contributed by atoms with Gasteiger partial charge >= 0.3 is 0 Å². The summed E-state index contributed by atoms with van der Waals surface area (Å²) in [5.74, 6) is -0.304. The van der Waals surface area contributed by atoms with Gasteiger partial charge in [0, 0.05) is 16.1 Å². The molecule has 0 radical (unpaired) electrons. The summed E-state index contributed by atoms with van der Waals surface area (Å²) in [6.07, 6.45) is 0.135. The molecule has 5 heteroatoms. The molecule has 1 aromatic carbocycles. The molecule has 0 heterocycles. The standard InChI is InChI=1S/C14H19BrFNO2/c1-5-14(3,4)17-13(18)9(2)19-12-7-10(15)6-11(16)8-12/h6-9H,5H2,1-4H3,(H,17,18). The van der Waals surface area contributed by atoms with Gasteiger partial charge in [0.25, 0.3) is 5.91 Å². The number of carbonyl (C=O) groups excluding carboxylic acids is 1. The summed E-state index contributed by atoms with van der Waals surface area (Å²) < 4.78 is 19.2. The van der Waals surface area contributed by atoms with E-state index in [4.69, 9.17) is 4.74 Å². The fourth-order valence-corrected chi connectivity index (χ4v) is 1.82. The van der Waals surface area contributed by atoms with Crippen LogP contribution < -0.4 is 10.1 Å². The largest absolute Gasteiger partial charge is 0.481 e. The summed E-state index contributed by atoms with van der Waals surface area (Å²) in [6, 6.07) is 4.20. The topological polar surface area (TPSA) is 38.3 Å². The molecule has 0 aliphatic heterocycles. The Balaban J connectivity index is 2.68. The number of amides is 1. The summed E-state index contributed by atoms with van der Waals surface area (Å²) in [7, 11) is 0. The van der Waals surface area contributed by atoms with E-state index < -0.39 is 11.9 Å². The minimum atomic E-state index is -0.681. The molecule has 0 aliphatic rings. The SMILES string of the molecule is CCC(C)(C)NC(=O)C(C)Oc1cc(F)cc(Br)c1. The number of rotatable bonds is 5. The van der Waals surface area contributed by atoms with E-state index in [0.717, 1.165) is 6.42 Å². The third-order valence-electron chi connectivity index (χ3n) is 2.86. The maximum Gasteiger partial charge on any atom is 0.261 e. The predicted octanol–water partition coefficient (Wildman–Crippen LogP) is 3.66. The van der Waals surface area contributed by atoms with Crippen LogP contribution in [0.2, 0.25) is 0 Å². The number of hydrogen-bond acceptors (Lipinski definition) is 2. The quantitative estimate of drug-likeness (QED) is 0.894. The molecule has 19 heavy (non-hydrogen) atoms. The molecule has 0 saturated heterocycles. The Bertz CT molecular complexity index is 443. The molecule has 0 bridgehead atoms. The number of halogens is 2. The van der Waals surface area contributed by atoms with Crippen LogP contribution in [-0.2, 0) is 4.79 Å². The van der Waals surface area contributed by atoms with Crippen LogP contribution >= 0.6 is 15.9 Å². The van der Waals surface area contributed by atoms with Gasteiger partial charge in [-0.3, -0.25) is 4.79 Å². The second kappa shape index (κ2) is 6.37. The van der Waals surface area contributed by atoms with Crippen LogP contribution in [0.3, 0.4) is 0 Å². The average molecular weight is 332 g/mol. The maximum absolute atomic E-state index is 13.2. The molecule has 1 rings (SSSR count). The van der Waals surface area contributed by atoms with Gasteiger partial charge in [-0.2, -0.15) is 0 Å². The van der Waals surface area contributed by atoms with Crippen LogP contribution in [0.5, 0.6) is 5.75 Å². The first-order chi connectivity index (χ1) is 8.73. The van der Waals surface area contributed by atoms with Gasteiger partial charge < -0.3 is 10.1 Å². The van der Waals surface area contributed by atoms with Gasteiger partial charge in [-0.15, -0.1) is 0 Å². The van der Waals surface area contributed by atoms with Crippen LogP contribution in [0.1, 0.15) is 34.1 Å². The lowest BCUT2D eigenvalue weighted by atomic mass is 10.0.